The second kappa shape index (κ2) is 8.26. The summed E-state index contributed by atoms with van der Waals surface area (Å²) in [6.45, 7) is 2.63. The average Bonchev–Trinajstić information content (AvgIpc) is 3.53. The maximum absolute atomic E-state index is 12.8. The first-order valence-electron chi connectivity index (χ1n) is 9.50. The Hall–Kier alpha value is -2.84. The molecule has 9 heteroatoms. The molecule has 2 aromatic carbocycles. The van der Waals surface area contributed by atoms with Crippen molar-refractivity contribution < 1.29 is 14.5 Å². The molecule has 0 radical (unpaired) electrons. The minimum atomic E-state index is -0.472. The Morgan fingerprint density at radius 1 is 1.14 bits per heavy atom. The Morgan fingerprint density at radius 3 is 2.59 bits per heavy atom. The van der Waals surface area contributed by atoms with Crippen LogP contribution >= 0.6 is 11.6 Å². The van der Waals surface area contributed by atoms with Crippen molar-refractivity contribution in [1.82, 2.24) is 0 Å². The minimum absolute atomic E-state index is 0.107. The van der Waals surface area contributed by atoms with E-state index in [1.54, 1.807) is 24.3 Å². The lowest BCUT2D eigenvalue weighted by molar-refractivity contribution is -0.384. The predicted molar refractivity (Wildman–Crippen MR) is 112 cm³/mol. The maximum Gasteiger partial charge on any atom is 0.293 e. The summed E-state index contributed by atoms with van der Waals surface area (Å²) in [6.07, 6.45) is 2.00. The number of nitrogens with zero attached hydrogens (tertiary/aromatic N) is 2. The molecule has 0 bridgehead atoms. The molecule has 1 heterocycles. The van der Waals surface area contributed by atoms with Gasteiger partial charge in [-0.1, -0.05) is 11.6 Å². The summed E-state index contributed by atoms with van der Waals surface area (Å²) >= 11 is 6.14. The number of ether oxygens (including phenoxy) is 1. The van der Waals surface area contributed by atoms with Gasteiger partial charge in [0.1, 0.15) is 5.69 Å². The zero-order valence-corrected chi connectivity index (χ0v) is 16.4. The van der Waals surface area contributed by atoms with Gasteiger partial charge in [-0.3, -0.25) is 14.9 Å². The summed E-state index contributed by atoms with van der Waals surface area (Å²) in [5.74, 6) is -0.428. The van der Waals surface area contributed by atoms with Crippen LogP contribution < -0.4 is 15.5 Å². The van der Waals surface area contributed by atoms with Crippen LogP contribution in [0.1, 0.15) is 23.2 Å². The fourth-order valence-electron chi connectivity index (χ4n) is 3.28. The number of amides is 1. The van der Waals surface area contributed by atoms with Crippen LogP contribution in [-0.4, -0.2) is 43.2 Å². The van der Waals surface area contributed by atoms with Gasteiger partial charge in [-0.15, -0.1) is 0 Å². The van der Waals surface area contributed by atoms with E-state index in [1.165, 1.54) is 6.07 Å². The number of nitro groups is 1. The summed E-state index contributed by atoms with van der Waals surface area (Å²) in [7, 11) is 0. The first-order chi connectivity index (χ1) is 14.0. The standard InChI is InChI=1S/C20H21ClN4O4/c21-14-2-6-18(24-7-9-29-10-8-24)17(12-14)23-20(26)13-1-5-16(22-15-3-4-15)19(11-13)25(27)28/h1-2,5-6,11-12,15,22H,3-4,7-10H2,(H,23,26). The number of nitro benzene ring substituents is 1. The largest absolute Gasteiger partial charge is 0.378 e. The minimum Gasteiger partial charge on any atom is -0.378 e. The van der Waals surface area contributed by atoms with Crippen molar-refractivity contribution in [3.05, 3.63) is 57.1 Å². The number of morpholine rings is 1. The molecule has 0 spiro atoms. The van der Waals surface area contributed by atoms with Crippen LogP contribution in [0, 0.1) is 10.1 Å². The van der Waals surface area contributed by atoms with Crippen molar-refractivity contribution >= 4 is 40.3 Å². The molecule has 2 fully saturated rings. The molecule has 2 N–H and O–H groups in total. The number of rotatable bonds is 6. The van der Waals surface area contributed by atoms with E-state index in [1.807, 2.05) is 6.07 Å². The molecule has 0 aromatic heterocycles. The number of carbonyl (C=O) groups is 1. The summed E-state index contributed by atoms with van der Waals surface area (Å²) < 4.78 is 5.39. The first kappa shape index (κ1) is 19.5. The fraction of sp³-hybridized carbons (Fsp3) is 0.350. The zero-order chi connectivity index (χ0) is 20.4. The fourth-order valence-corrected chi connectivity index (χ4v) is 3.45. The van der Waals surface area contributed by atoms with Crippen LogP contribution in [0.3, 0.4) is 0 Å². The smallest absolute Gasteiger partial charge is 0.293 e. The molecule has 4 rings (SSSR count). The van der Waals surface area contributed by atoms with E-state index < -0.39 is 10.8 Å². The molecule has 1 saturated heterocycles. The highest BCUT2D eigenvalue weighted by molar-refractivity contribution is 6.31. The highest BCUT2D eigenvalue weighted by atomic mass is 35.5. The van der Waals surface area contributed by atoms with Crippen LogP contribution in [-0.2, 0) is 4.74 Å². The van der Waals surface area contributed by atoms with Gasteiger partial charge in [-0.25, -0.2) is 0 Å². The molecule has 1 aliphatic carbocycles. The lowest BCUT2D eigenvalue weighted by Crippen LogP contribution is -2.36. The van der Waals surface area contributed by atoms with E-state index in [0.29, 0.717) is 42.7 Å². The number of hydrogen-bond donors (Lipinski definition) is 2. The monoisotopic (exact) mass is 416 g/mol. The molecular weight excluding hydrogens is 396 g/mol. The van der Waals surface area contributed by atoms with Crippen molar-refractivity contribution in [2.45, 2.75) is 18.9 Å². The Morgan fingerprint density at radius 2 is 1.90 bits per heavy atom. The quantitative estimate of drug-likeness (QED) is 0.547. The van der Waals surface area contributed by atoms with Crippen molar-refractivity contribution in [1.29, 1.82) is 0 Å². The summed E-state index contributed by atoms with van der Waals surface area (Å²) in [5.41, 5.74) is 1.95. The third kappa shape index (κ3) is 4.60. The van der Waals surface area contributed by atoms with E-state index >= 15 is 0 Å². The van der Waals surface area contributed by atoms with Gasteiger partial charge < -0.3 is 20.3 Å². The predicted octanol–water partition coefficient (Wildman–Crippen LogP) is 3.91. The Balaban J connectivity index is 1.58. The van der Waals surface area contributed by atoms with E-state index in [0.717, 1.165) is 18.5 Å². The number of nitrogens with one attached hydrogen (secondary N) is 2. The molecule has 8 nitrogen and oxygen atoms in total. The van der Waals surface area contributed by atoms with E-state index in [2.05, 4.69) is 15.5 Å². The van der Waals surface area contributed by atoms with Crippen LogP contribution in [0.15, 0.2) is 36.4 Å². The van der Waals surface area contributed by atoms with Gasteiger partial charge in [0, 0.05) is 35.8 Å². The number of benzene rings is 2. The average molecular weight is 417 g/mol. The SMILES string of the molecule is O=C(Nc1cc(Cl)ccc1N1CCOCC1)c1ccc(NC2CC2)c([N+](=O)[O-])c1. The molecule has 0 unspecified atom stereocenters. The lowest BCUT2D eigenvalue weighted by atomic mass is 10.1. The van der Waals surface area contributed by atoms with Gasteiger partial charge in [-0.2, -0.15) is 0 Å². The van der Waals surface area contributed by atoms with Crippen LogP contribution in [0.2, 0.25) is 5.02 Å². The molecule has 1 amide bonds. The van der Waals surface area contributed by atoms with E-state index in [4.69, 9.17) is 16.3 Å². The Labute approximate surface area is 172 Å². The van der Waals surface area contributed by atoms with Gasteiger partial charge in [0.15, 0.2) is 0 Å². The lowest BCUT2D eigenvalue weighted by Gasteiger charge is -2.30. The number of halogens is 1. The van der Waals surface area contributed by atoms with Gasteiger partial charge >= 0.3 is 0 Å². The Bertz CT molecular complexity index is 942. The second-order valence-corrected chi connectivity index (χ2v) is 7.56. The first-order valence-corrected chi connectivity index (χ1v) is 9.87. The van der Waals surface area contributed by atoms with Crippen LogP contribution in [0.25, 0.3) is 0 Å². The van der Waals surface area contributed by atoms with Crippen molar-refractivity contribution in [2.75, 3.05) is 41.8 Å². The summed E-state index contributed by atoms with van der Waals surface area (Å²) in [6, 6.07) is 10.1. The van der Waals surface area contributed by atoms with E-state index in [9.17, 15) is 14.9 Å². The zero-order valence-electron chi connectivity index (χ0n) is 15.7. The summed E-state index contributed by atoms with van der Waals surface area (Å²) in [4.78, 5) is 25.9. The third-order valence-electron chi connectivity index (χ3n) is 4.95. The number of anilines is 3. The second-order valence-electron chi connectivity index (χ2n) is 7.12. The molecular formula is C20H21ClN4O4. The van der Waals surface area contributed by atoms with Gasteiger partial charge in [-0.05, 0) is 43.2 Å². The van der Waals surface area contributed by atoms with Gasteiger partial charge in [0.05, 0.1) is 29.5 Å². The van der Waals surface area contributed by atoms with Gasteiger partial charge in [0.25, 0.3) is 11.6 Å². The number of carbonyl (C=O) groups excluding carboxylic acids is 1. The highest BCUT2D eigenvalue weighted by Crippen LogP contribution is 2.33. The van der Waals surface area contributed by atoms with Crippen molar-refractivity contribution in [2.24, 2.45) is 0 Å². The number of hydrogen-bond acceptors (Lipinski definition) is 6. The summed E-state index contributed by atoms with van der Waals surface area (Å²) in [5, 5.41) is 17.9. The highest BCUT2D eigenvalue weighted by Gasteiger charge is 2.26. The van der Waals surface area contributed by atoms with E-state index in [-0.39, 0.29) is 17.3 Å². The van der Waals surface area contributed by atoms with Crippen molar-refractivity contribution in [3.8, 4) is 0 Å². The normalized spacial score (nSPS) is 16.4. The van der Waals surface area contributed by atoms with Crippen molar-refractivity contribution in [3.63, 3.8) is 0 Å². The molecule has 29 heavy (non-hydrogen) atoms. The third-order valence-corrected chi connectivity index (χ3v) is 5.19. The molecule has 2 aromatic rings. The molecule has 152 valence electrons. The molecule has 1 aliphatic heterocycles. The molecule has 1 saturated carbocycles. The topological polar surface area (TPSA) is 96.7 Å². The van der Waals surface area contributed by atoms with Crippen LogP contribution in [0.4, 0.5) is 22.7 Å². The Kier molecular flexibility index (Phi) is 5.55. The maximum atomic E-state index is 12.8. The van der Waals surface area contributed by atoms with Crippen LogP contribution in [0.5, 0.6) is 0 Å². The van der Waals surface area contributed by atoms with Gasteiger partial charge in [0.2, 0.25) is 0 Å². The molecule has 2 aliphatic rings. The molecule has 0 atom stereocenters.